The predicted molar refractivity (Wildman–Crippen MR) is 91.7 cm³/mol. The molecule has 6 nitrogen and oxygen atoms in total. The number of hydrogen-bond donors (Lipinski definition) is 1. The van der Waals surface area contributed by atoms with Crippen LogP contribution in [0, 0.1) is 22.7 Å². The van der Waals surface area contributed by atoms with Crippen molar-refractivity contribution < 1.29 is 4.74 Å². The Morgan fingerprint density at radius 2 is 1.60 bits per heavy atom. The fourth-order valence-corrected chi connectivity index (χ4v) is 2.60. The maximum Gasteiger partial charge on any atom is 0.267 e. The third kappa shape index (κ3) is 2.85. The second kappa shape index (κ2) is 6.69. The molecule has 25 heavy (non-hydrogen) atoms. The number of rotatable bonds is 3. The number of methoxy groups -OCH3 is 1. The lowest BCUT2D eigenvalue weighted by Crippen LogP contribution is -2.15. The van der Waals surface area contributed by atoms with Gasteiger partial charge in [-0.3, -0.25) is 9.78 Å². The van der Waals surface area contributed by atoms with Gasteiger partial charge in [0.15, 0.2) is 0 Å². The van der Waals surface area contributed by atoms with Gasteiger partial charge in [0.05, 0.1) is 18.4 Å². The Hall–Kier alpha value is -3.90. The molecule has 0 spiro atoms. The summed E-state index contributed by atoms with van der Waals surface area (Å²) in [5.41, 5.74) is 1.49. The van der Waals surface area contributed by atoms with Crippen molar-refractivity contribution in [3.8, 4) is 40.3 Å². The Morgan fingerprint density at radius 1 is 0.960 bits per heavy atom. The summed E-state index contributed by atoms with van der Waals surface area (Å²) >= 11 is 0. The van der Waals surface area contributed by atoms with E-state index in [2.05, 4.69) is 16.0 Å². The van der Waals surface area contributed by atoms with E-state index in [1.165, 1.54) is 0 Å². The maximum absolute atomic E-state index is 12.4. The van der Waals surface area contributed by atoms with Crippen LogP contribution in [0.1, 0.15) is 11.1 Å². The minimum atomic E-state index is -0.542. The molecule has 0 bridgehead atoms. The molecule has 0 unspecified atom stereocenters. The van der Waals surface area contributed by atoms with Crippen molar-refractivity contribution in [2.24, 2.45) is 0 Å². The van der Waals surface area contributed by atoms with Gasteiger partial charge in [0.2, 0.25) is 0 Å². The molecule has 1 N–H and O–H groups in total. The molecule has 0 aliphatic heterocycles. The van der Waals surface area contributed by atoms with Gasteiger partial charge in [0, 0.05) is 23.5 Å². The van der Waals surface area contributed by atoms with Gasteiger partial charge in [-0.15, -0.1) is 0 Å². The first kappa shape index (κ1) is 16.0. The topological polar surface area (TPSA) is 103 Å². The van der Waals surface area contributed by atoms with Crippen LogP contribution in [0.15, 0.2) is 53.6 Å². The average molecular weight is 328 g/mol. The zero-order valence-electron chi connectivity index (χ0n) is 13.3. The van der Waals surface area contributed by atoms with Gasteiger partial charge in [-0.2, -0.15) is 10.5 Å². The van der Waals surface area contributed by atoms with Gasteiger partial charge >= 0.3 is 0 Å². The number of aromatic nitrogens is 2. The lowest BCUT2D eigenvalue weighted by atomic mass is 9.93. The Balaban J connectivity index is 2.36. The molecule has 0 saturated carbocycles. The molecule has 0 aliphatic carbocycles. The summed E-state index contributed by atoms with van der Waals surface area (Å²) in [4.78, 5) is 19.0. The number of pyridine rings is 2. The predicted octanol–water partition coefficient (Wildman–Crippen LogP) is 2.86. The molecule has 0 aliphatic rings. The van der Waals surface area contributed by atoms with Crippen molar-refractivity contribution in [3.05, 3.63) is 70.3 Å². The summed E-state index contributed by atoms with van der Waals surface area (Å²) in [6, 6.07) is 14.3. The normalized spacial score (nSPS) is 9.88. The number of aromatic amines is 1. The number of H-pyrrole nitrogens is 1. The van der Waals surface area contributed by atoms with E-state index in [1.807, 2.05) is 6.07 Å². The van der Waals surface area contributed by atoms with E-state index in [9.17, 15) is 15.3 Å². The molecule has 2 aromatic heterocycles. The van der Waals surface area contributed by atoms with E-state index in [4.69, 9.17) is 4.74 Å². The van der Waals surface area contributed by atoms with Gasteiger partial charge in [0.25, 0.3) is 5.56 Å². The fraction of sp³-hybridized carbons (Fsp3) is 0.0526. The average Bonchev–Trinajstić information content (AvgIpc) is 2.68. The summed E-state index contributed by atoms with van der Waals surface area (Å²) in [7, 11) is 1.55. The van der Waals surface area contributed by atoms with Crippen LogP contribution >= 0.6 is 0 Å². The summed E-state index contributed by atoms with van der Waals surface area (Å²) in [6.07, 6.45) is 3.14. The minimum absolute atomic E-state index is 0.0977. The lowest BCUT2D eigenvalue weighted by molar-refractivity contribution is 0.415. The maximum atomic E-state index is 12.4. The highest BCUT2D eigenvalue weighted by molar-refractivity contribution is 5.83. The van der Waals surface area contributed by atoms with Crippen LogP contribution in [0.3, 0.4) is 0 Å². The van der Waals surface area contributed by atoms with Crippen LogP contribution in [0.4, 0.5) is 0 Å². The highest BCUT2D eigenvalue weighted by atomic mass is 16.5. The molecule has 3 aromatic rings. The molecular weight excluding hydrogens is 316 g/mol. The van der Waals surface area contributed by atoms with Crippen molar-refractivity contribution in [2.75, 3.05) is 7.11 Å². The third-order valence-corrected chi connectivity index (χ3v) is 3.79. The fourth-order valence-electron chi connectivity index (χ4n) is 2.60. The quantitative estimate of drug-likeness (QED) is 0.796. The largest absolute Gasteiger partial charge is 0.497 e. The molecule has 3 rings (SSSR count). The first-order valence-corrected chi connectivity index (χ1v) is 7.35. The van der Waals surface area contributed by atoms with Gasteiger partial charge < -0.3 is 9.72 Å². The monoisotopic (exact) mass is 328 g/mol. The van der Waals surface area contributed by atoms with Crippen molar-refractivity contribution in [3.63, 3.8) is 0 Å². The first-order valence-electron chi connectivity index (χ1n) is 7.35. The molecular formula is C19H12N4O2. The summed E-state index contributed by atoms with van der Waals surface area (Å²) in [5.74, 6) is 0.639. The Labute approximate surface area is 143 Å². The molecule has 0 fully saturated rings. The number of nitriles is 2. The number of nitrogens with zero attached hydrogens (tertiary/aromatic N) is 3. The summed E-state index contributed by atoms with van der Waals surface area (Å²) < 4.78 is 5.13. The van der Waals surface area contributed by atoms with Gasteiger partial charge in [-0.1, -0.05) is 12.1 Å². The van der Waals surface area contributed by atoms with Crippen LogP contribution in [-0.4, -0.2) is 17.1 Å². The van der Waals surface area contributed by atoms with Crippen LogP contribution in [0.5, 0.6) is 5.75 Å². The second-order valence-corrected chi connectivity index (χ2v) is 5.14. The van der Waals surface area contributed by atoms with Crippen LogP contribution in [-0.2, 0) is 0 Å². The highest BCUT2D eigenvalue weighted by Gasteiger charge is 2.20. The number of benzene rings is 1. The van der Waals surface area contributed by atoms with E-state index < -0.39 is 5.56 Å². The van der Waals surface area contributed by atoms with Crippen LogP contribution in [0.2, 0.25) is 0 Å². The first-order chi connectivity index (χ1) is 12.2. The Kier molecular flexibility index (Phi) is 4.28. The number of nitrogens with one attached hydrogen (secondary N) is 1. The van der Waals surface area contributed by atoms with E-state index in [1.54, 1.807) is 55.9 Å². The SMILES string of the molecule is COc1ccc(-c2c(C#N)c(-c3ccncc3)[nH]c(=O)c2C#N)cc1. The molecule has 2 heterocycles. The summed E-state index contributed by atoms with van der Waals surface area (Å²) in [5, 5.41) is 19.1. The molecule has 1 aromatic carbocycles. The molecule has 120 valence electrons. The molecule has 0 radical (unpaired) electrons. The zero-order chi connectivity index (χ0) is 17.8. The third-order valence-electron chi connectivity index (χ3n) is 3.79. The van der Waals surface area contributed by atoms with Gasteiger partial charge in [0.1, 0.15) is 23.5 Å². The van der Waals surface area contributed by atoms with E-state index in [0.29, 0.717) is 28.1 Å². The molecule has 0 amide bonds. The minimum Gasteiger partial charge on any atom is -0.497 e. The Bertz CT molecular complexity index is 1060. The van der Waals surface area contributed by atoms with Gasteiger partial charge in [-0.05, 0) is 29.8 Å². The number of ether oxygens (including phenoxy) is 1. The zero-order valence-corrected chi connectivity index (χ0v) is 13.3. The highest BCUT2D eigenvalue weighted by Crippen LogP contribution is 2.32. The number of hydrogen-bond acceptors (Lipinski definition) is 5. The van der Waals surface area contributed by atoms with Crippen molar-refractivity contribution in [1.82, 2.24) is 9.97 Å². The second-order valence-electron chi connectivity index (χ2n) is 5.14. The molecule has 0 saturated heterocycles. The lowest BCUT2D eigenvalue weighted by Gasteiger charge is -2.12. The van der Waals surface area contributed by atoms with E-state index >= 15 is 0 Å². The van der Waals surface area contributed by atoms with Crippen molar-refractivity contribution >= 4 is 0 Å². The smallest absolute Gasteiger partial charge is 0.267 e. The van der Waals surface area contributed by atoms with Crippen LogP contribution in [0.25, 0.3) is 22.4 Å². The molecule has 6 heteroatoms. The van der Waals surface area contributed by atoms with E-state index in [-0.39, 0.29) is 11.1 Å². The van der Waals surface area contributed by atoms with Crippen molar-refractivity contribution in [1.29, 1.82) is 10.5 Å². The van der Waals surface area contributed by atoms with E-state index in [0.717, 1.165) is 0 Å². The van der Waals surface area contributed by atoms with Gasteiger partial charge in [-0.25, -0.2) is 0 Å². The van der Waals surface area contributed by atoms with Crippen molar-refractivity contribution in [2.45, 2.75) is 0 Å². The Morgan fingerprint density at radius 3 is 2.16 bits per heavy atom. The summed E-state index contributed by atoms with van der Waals surface area (Å²) in [6.45, 7) is 0. The van der Waals surface area contributed by atoms with Crippen LogP contribution < -0.4 is 10.3 Å². The standard InChI is InChI=1S/C19H12N4O2/c1-25-14-4-2-12(3-5-14)17-15(10-20)18(13-6-8-22-9-7-13)23-19(24)16(17)11-21/h2-9H,1H3,(H,23,24). The molecule has 0 atom stereocenters.